The Morgan fingerprint density at radius 3 is 3.11 bits per heavy atom. The highest BCUT2D eigenvalue weighted by molar-refractivity contribution is 5.97. The smallest absolute Gasteiger partial charge is 0.251 e. The molecule has 0 aliphatic rings. The summed E-state index contributed by atoms with van der Waals surface area (Å²) >= 11 is 0. The van der Waals surface area contributed by atoms with E-state index in [2.05, 4.69) is 15.6 Å². The molecule has 1 aromatic carbocycles. The maximum absolute atomic E-state index is 11.9. The number of aromatic nitrogens is 3. The van der Waals surface area contributed by atoms with Crippen LogP contribution in [0.25, 0.3) is 11.0 Å². The van der Waals surface area contributed by atoms with Gasteiger partial charge in [-0.25, -0.2) is 4.68 Å². The average molecular weight is 257 g/mol. The number of benzene rings is 1. The zero-order valence-electron chi connectivity index (χ0n) is 10.8. The first-order valence-corrected chi connectivity index (χ1v) is 6.24. The number of nitriles is 1. The molecule has 0 bridgehead atoms. The van der Waals surface area contributed by atoms with E-state index in [-0.39, 0.29) is 5.91 Å². The highest BCUT2D eigenvalue weighted by atomic mass is 16.1. The fourth-order valence-corrected chi connectivity index (χ4v) is 1.82. The molecule has 19 heavy (non-hydrogen) atoms. The molecule has 1 N–H and O–H groups in total. The predicted molar refractivity (Wildman–Crippen MR) is 70.4 cm³/mol. The number of amides is 1. The summed E-state index contributed by atoms with van der Waals surface area (Å²) in [5.74, 6) is -0.147. The van der Waals surface area contributed by atoms with E-state index < -0.39 is 0 Å². The van der Waals surface area contributed by atoms with Crippen LogP contribution in [0.4, 0.5) is 0 Å². The van der Waals surface area contributed by atoms with Crippen LogP contribution in [-0.2, 0) is 6.54 Å². The molecular weight excluding hydrogens is 242 g/mol. The Morgan fingerprint density at radius 1 is 1.53 bits per heavy atom. The first-order valence-electron chi connectivity index (χ1n) is 6.24. The third-order valence-electron chi connectivity index (χ3n) is 2.83. The van der Waals surface area contributed by atoms with Crippen LogP contribution in [0.3, 0.4) is 0 Å². The lowest BCUT2D eigenvalue weighted by Gasteiger charge is -2.03. The second-order valence-electron chi connectivity index (χ2n) is 4.13. The van der Waals surface area contributed by atoms with Gasteiger partial charge in [-0.1, -0.05) is 5.21 Å². The normalized spacial score (nSPS) is 10.3. The number of carbonyl (C=O) groups excluding carboxylic acids is 1. The Labute approximate surface area is 111 Å². The van der Waals surface area contributed by atoms with Crippen molar-refractivity contribution in [3.8, 4) is 6.07 Å². The number of nitrogens with one attached hydrogen (secondary N) is 1. The number of aryl methyl sites for hydroxylation is 1. The standard InChI is InChI=1S/C13H15N5O/c1-2-18-12-6-5-10(9-11(12)16-17-18)13(19)15-8-4-3-7-14/h5-6,9H,2-4,8H2,1H3,(H,15,19). The first-order chi connectivity index (χ1) is 9.26. The molecule has 1 heterocycles. The molecule has 0 saturated heterocycles. The molecule has 1 aromatic heterocycles. The number of fused-ring (bicyclic) bond motifs is 1. The number of carbonyl (C=O) groups is 1. The lowest BCUT2D eigenvalue weighted by atomic mass is 10.2. The molecule has 0 fully saturated rings. The molecule has 2 rings (SSSR count). The van der Waals surface area contributed by atoms with E-state index in [1.165, 1.54) is 0 Å². The second kappa shape index (κ2) is 5.96. The van der Waals surface area contributed by atoms with Crippen LogP contribution in [0.15, 0.2) is 18.2 Å². The van der Waals surface area contributed by atoms with E-state index >= 15 is 0 Å². The summed E-state index contributed by atoms with van der Waals surface area (Å²) in [4.78, 5) is 11.9. The van der Waals surface area contributed by atoms with Gasteiger partial charge in [-0.15, -0.1) is 5.10 Å². The molecule has 6 heteroatoms. The van der Waals surface area contributed by atoms with Gasteiger partial charge in [-0.3, -0.25) is 4.79 Å². The maximum Gasteiger partial charge on any atom is 0.251 e. The SMILES string of the molecule is CCn1nnc2cc(C(=O)NCCCC#N)ccc21. The van der Waals surface area contributed by atoms with Crippen LogP contribution >= 0.6 is 0 Å². The molecule has 0 aliphatic carbocycles. The van der Waals surface area contributed by atoms with Crippen LogP contribution in [0.2, 0.25) is 0 Å². The third kappa shape index (κ3) is 2.88. The molecule has 0 unspecified atom stereocenters. The molecule has 0 aliphatic heterocycles. The van der Waals surface area contributed by atoms with Crippen molar-refractivity contribution in [1.29, 1.82) is 5.26 Å². The van der Waals surface area contributed by atoms with Crippen molar-refractivity contribution < 1.29 is 4.79 Å². The maximum atomic E-state index is 11.9. The van der Waals surface area contributed by atoms with Gasteiger partial charge in [-0.2, -0.15) is 5.26 Å². The number of hydrogen-bond acceptors (Lipinski definition) is 4. The Morgan fingerprint density at radius 2 is 2.37 bits per heavy atom. The average Bonchev–Trinajstić information content (AvgIpc) is 2.85. The quantitative estimate of drug-likeness (QED) is 0.822. The number of hydrogen-bond donors (Lipinski definition) is 1. The predicted octanol–water partition coefficient (Wildman–Crippen LogP) is 1.48. The van der Waals surface area contributed by atoms with Crippen LogP contribution < -0.4 is 5.32 Å². The van der Waals surface area contributed by atoms with Crippen molar-refractivity contribution in [3.63, 3.8) is 0 Å². The van der Waals surface area contributed by atoms with Crippen molar-refractivity contribution in [3.05, 3.63) is 23.8 Å². The van der Waals surface area contributed by atoms with Crippen molar-refractivity contribution in [2.45, 2.75) is 26.3 Å². The summed E-state index contributed by atoms with van der Waals surface area (Å²) < 4.78 is 1.78. The summed E-state index contributed by atoms with van der Waals surface area (Å²) in [7, 11) is 0. The molecule has 0 saturated carbocycles. The van der Waals surface area contributed by atoms with Gasteiger partial charge in [0.2, 0.25) is 0 Å². The largest absolute Gasteiger partial charge is 0.352 e. The summed E-state index contributed by atoms with van der Waals surface area (Å²) in [5.41, 5.74) is 2.20. The topological polar surface area (TPSA) is 83.6 Å². The number of unbranched alkanes of at least 4 members (excludes halogenated alkanes) is 1. The minimum atomic E-state index is -0.147. The van der Waals surface area contributed by atoms with E-state index in [0.29, 0.717) is 30.5 Å². The summed E-state index contributed by atoms with van der Waals surface area (Å²) in [5, 5.41) is 19.2. The van der Waals surface area contributed by atoms with Gasteiger partial charge in [0.1, 0.15) is 5.52 Å². The Hall–Kier alpha value is -2.42. The summed E-state index contributed by atoms with van der Waals surface area (Å²) in [6.45, 7) is 3.24. The van der Waals surface area contributed by atoms with Gasteiger partial charge in [0.05, 0.1) is 11.6 Å². The van der Waals surface area contributed by atoms with Gasteiger partial charge in [0, 0.05) is 25.1 Å². The zero-order valence-corrected chi connectivity index (χ0v) is 10.8. The van der Waals surface area contributed by atoms with E-state index in [4.69, 9.17) is 5.26 Å². The van der Waals surface area contributed by atoms with Crippen LogP contribution in [-0.4, -0.2) is 27.4 Å². The highest BCUT2D eigenvalue weighted by Gasteiger charge is 2.09. The lowest BCUT2D eigenvalue weighted by molar-refractivity contribution is 0.0953. The molecular formula is C13H15N5O. The minimum absolute atomic E-state index is 0.147. The van der Waals surface area contributed by atoms with Crippen LogP contribution in [0.5, 0.6) is 0 Å². The third-order valence-corrected chi connectivity index (χ3v) is 2.83. The monoisotopic (exact) mass is 257 g/mol. The Bertz CT molecular complexity index is 625. The molecule has 6 nitrogen and oxygen atoms in total. The van der Waals surface area contributed by atoms with Crippen LogP contribution in [0.1, 0.15) is 30.1 Å². The fourth-order valence-electron chi connectivity index (χ4n) is 1.82. The molecule has 2 aromatic rings. The van der Waals surface area contributed by atoms with Gasteiger partial charge < -0.3 is 5.32 Å². The van der Waals surface area contributed by atoms with Crippen molar-refractivity contribution in [2.75, 3.05) is 6.54 Å². The molecule has 0 spiro atoms. The Kier molecular flexibility index (Phi) is 4.08. The molecule has 0 atom stereocenters. The zero-order chi connectivity index (χ0) is 13.7. The Balaban J connectivity index is 2.08. The first kappa shape index (κ1) is 13.0. The van der Waals surface area contributed by atoms with Crippen molar-refractivity contribution in [2.24, 2.45) is 0 Å². The molecule has 0 radical (unpaired) electrons. The van der Waals surface area contributed by atoms with E-state index in [0.717, 1.165) is 12.1 Å². The second-order valence-corrected chi connectivity index (χ2v) is 4.13. The van der Waals surface area contributed by atoms with Crippen molar-refractivity contribution >= 4 is 16.9 Å². The molecule has 98 valence electrons. The molecule has 1 amide bonds. The van der Waals surface area contributed by atoms with E-state index in [1.807, 2.05) is 19.1 Å². The number of rotatable bonds is 5. The lowest BCUT2D eigenvalue weighted by Crippen LogP contribution is -2.24. The fraction of sp³-hybridized carbons (Fsp3) is 0.385. The van der Waals surface area contributed by atoms with Crippen molar-refractivity contribution in [1.82, 2.24) is 20.3 Å². The minimum Gasteiger partial charge on any atom is -0.352 e. The van der Waals surface area contributed by atoms with E-state index in [9.17, 15) is 4.79 Å². The van der Waals surface area contributed by atoms with Crippen LogP contribution in [0, 0.1) is 11.3 Å². The van der Waals surface area contributed by atoms with Gasteiger partial charge in [0.25, 0.3) is 5.91 Å². The number of nitrogens with zero attached hydrogens (tertiary/aromatic N) is 4. The van der Waals surface area contributed by atoms with Gasteiger partial charge in [0.15, 0.2) is 0 Å². The summed E-state index contributed by atoms with van der Waals surface area (Å²) in [6, 6.07) is 7.38. The summed E-state index contributed by atoms with van der Waals surface area (Å²) in [6.07, 6.45) is 1.11. The highest BCUT2D eigenvalue weighted by Crippen LogP contribution is 2.13. The van der Waals surface area contributed by atoms with Gasteiger partial charge >= 0.3 is 0 Å². The van der Waals surface area contributed by atoms with Gasteiger partial charge in [-0.05, 0) is 31.5 Å². The van der Waals surface area contributed by atoms with E-state index in [1.54, 1.807) is 16.8 Å².